The summed E-state index contributed by atoms with van der Waals surface area (Å²) in [5.41, 5.74) is 2.34. The average molecular weight is 279 g/mol. The van der Waals surface area contributed by atoms with Gasteiger partial charge in [-0.05, 0) is 29.7 Å². The summed E-state index contributed by atoms with van der Waals surface area (Å²) in [4.78, 5) is 16.3. The molecule has 1 atom stereocenters. The molecule has 19 heavy (non-hydrogen) atoms. The summed E-state index contributed by atoms with van der Waals surface area (Å²) < 4.78 is 0. The first kappa shape index (κ1) is 16.2. The molecule has 106 valence electrons. The van der Waals surface area contributed by atoms with Crippen molar-refractivity contribution in [3.05, 3.63) is 29.6 Å². The van der Waals surface area contributed by atoms with Crippen molar-refractivity contribution in [3.8, 4) is 0 Å². The van der Waals surface area contributed by atoms with Crippen LogP contribution in [0, 0.1) is 18.8 Å². The average Bonchev–Trinajstić information content (AvgIpc) is 2.33. The van der Waals surface area contributed by atoms with Crippen LogP contribution in [0.1, 0.15) is 50.5 Å². The van der Waals surface area contributed by atoms with Gasteiger partial charge in [-0.1, -0.05) is 33.8 Å². The van der Waals surface area contributed by atoms with E-state index >= 15 is 0 Å². The number of rotatable bonds is 7. The van der Waals surface area contributed by atoms with E-state index in [2.05, 4.69) is 24.9 Å². The standard InChI is InChI=1S/C16H25NOS/c1-11(2)10-19-16(7-15(18)12(3)4)14-6-13(5)8-17-9-14/h6,8-9,11-12,16H,7,10H2,1-5H3. The molecular formula is C16H25NOS. The second kappa shape index (κ2) is 7.68. The molecule has 1 aromatic rings. The van der Waals surface area contributed by atoms with Crippen molar-refractivity contribution < 1.29 is 4.79 Å². The topological polar surface area (TPSA) is 30.0 Å². The third-order valence-corrected chi connectivity index (χ3v) is 4.63. The number of aryl methyl sites for hydroxylation is 1. The van der Waals surface area contributed by atoms with Crippen LogP contribution < -0.4 is 0 Å². The minimum absolute atomic E-state index is 0.111. The molecule has 0 N–H and O–H groups in total. The Morgan fingerprint density at radius 1 is 1.26 bits per heavy atom. The minimum atomic E-state index is 0.111. The van der Waals surface area contributed by atoms with Crippen LogP contribution in [-0.2, 0) is 4.79 Å². The van der Waals surface area contributed by atoms with Crippen LogP contribution in [0.5, 0.6) is 0 Å². The number of nitrogens with zero attached hydrogens (tertiary/aromatic N) is 1. The molecule has 1 rings (SSSR count). The van der Waals surface area contributed by atoms with E-state index in [9.17, 15) is 4.79 Å². The van der Waals surface area contributed by atoms with Gasteiger partial charge in [0, 0.05) is 30.0 Å². The van der Waals surface area contributed by atoms with Crippen LogP contribution in [0.3, 0.4) is 0 Å². The van der Waals surface area contributed by atoms with Gasteiger partial charge < -0.3 is 0 Å². The van der Waals surface area contributed by atoms with E-state index in [0.29, 0.717) is 18.1 Å². The predicted molar refractivity (Wildman–Crippen MR) is 83.5 cm³/mol. The van der Waals surface area contributed by atoms with E-state index in [1.165, 1.54) is 5.56 Å². The second-order valence-electron chi connectivity index (χ2n) is 5.84. The van der Waals surface area contributed by atoms with Crippen molar-refractivity contribution in [3.63, 3.8) is 0 Å². The Labute approximate surface area is 121 Å². The van der Waals surface area contributed by atoms with Gasteiger partial charge in [0.2, 0.25) is 0 Å². The Hall–Kier alpha value is -0.830. The fraction of sp³-hybridized carbons (Fsp3) is 0.625. The van der Waals surface area contributed by atoms with Crippen molar-refractivity contribution in [2.45, 2.75) is 46.3 Å². The fourth-order valence-corrected chi connectivity index (χ4v) is 2.98. The molecule has 3 heteroatoms. The molecular weight excluding hydrogens is 254 g/mol. The summed E-state index contributed by atoms with van der Waals surface area (Å²) in [6.45, 7) is 10.4. The Morgan fingerprint density at radius 3 is 2.47 bits per heavy atom. The summed E-state index contributed by atoms with van der Waals surface area (Å²) in [7, 11) is 0. The maximum Gasteiger partial charge on any atom is 0.136 e. The molecule has 0 amide bonds. The lowest BCUT2D eigenvalue weighted by Gasteiger charge is -2.18. The fourth-order valence-electron chi connectivity index (χ4n) is 1.75. The quantitative estimate of drug-likeness (QED) is 0.739. The van der Waals surface area contributed by atoms with Crippen LogP contribution in [0.15, 0.2) is 18.5 Å². The van der Waals surface area contributed by atoms with E-state index in [1.54, 1.807) is 0 Å². The lowest BCUT2D eigenvalue weighted by molar-refractivity contribution is -0.121. The van der Waals surface area contributed by atoms with Crippen LogP contribution in [0.4, 0.5) is 0 Å². The number of pyridine rings is 1. The summed E-state index contributed by atoms with van der Waals surface area (Å²) in [6.07, 6.45) is 4.37. The highest BCUT2D eigenvalue weighted by Gasteiger charge is 2.19. The molecule has 0 fully saturated rings. The zero-order valence-electron chi connectivity index (χ0n) is 12.6. The summed E-state index contributed by atoms with van der Waals surface area (Å²) in [5, 5.41) is 0.240. The number of aromatic nitrogens is 1. The largest absolute Gasteiger partial charge is 0.299 e. The normalized spacial score (nSPS) is 13.0. The van der Waals surface area contributed by atoms with Crippen LogP contribution >= 0.6 is 11.8 Å². The molecule has 1 unspecified atom stereocenters. The molecule has 0 aliphatic carbocycles. The van der Waals surface area contributed by atoms with Gasteiger partial charge in [0.05, 0.1) is 0 Å². The van der Waals surface area contributed by atoms with Gasteiger partial charge in [0.1, 0.15) is 5.78 Å². The molecule has 1 heterocycles. The Balaban J connectivity index is 2.82. The van der Waals surface area contributed by atoms with Gasteiger partial charge in [-0.3, -0.25) is 9.78 Å². The number of Topliss-reactive ketones (excluding diaryl/α,β-unsaturated/α-hetero) is 1. The van der Waals surface area contributed by atoms with E-state index in [4.69, 9.17) is 0 Å². The van der Waals surface area contributed by atoms with Crippen LogP contribution in [0.25, 0.3) is 0 Å². The van der Waals surface area contributed by atoms with Crippen LogP contribution in [-0.4, -0.2) is 16.5 Å². The molecule has 0 aliphatic rings. The third-order valence-electron chi connectivity index (χ3n) is 2.93. The van der Waals surface area contributed by atoms with Crippen molar-refractivity contribution in [1.29, 1.82) is 0 Å². The van der Waals surface area contributed by atoms with Crippen molar-refractivity contribution in [2.75, 3.05) is 5.75 Å². The Kier molecular flexibility index (Phi) is 6.56. The van der Waals surface area contributed by atoms with Crippen molar-refractivity contribution in [1.82, 2.24) is 4.98 Å². The summed E-state index contributed by atoms with van der Waals surface area (Å²) in [5.74, 6) is 2.16. The molecule has 0 radical (unpaired) electrons. The Bertz CT molecular complexity index is 415. The lowest BCUT2D eigenvalue weighted by atomic mass is 10.0. The molecule has 0 saturated carbocycles. The van der Waals surface area contributed by atoms with Gasteiger partial charge in [0.15, 0.2) is 0 Å². The number of ketones is 1. The molecule has 0 aliphatic heterocycles. The highest BCUT2D eigenvalue weighted by atomic mass is 32.2. The SMILES string of the molecule is Cc1cncc(C(CC(=O)C(C)C)SCC(C)C)c1. The van der Waals surface area contributed by atoms with E-state index in [1.807, 2.05) is 44.9 Å². The summed E-state index contributed by atoms with van der Waals surface area (Å²) in [6, 6.07) is 2.15. The van der Waals surface area contributed by atoms with Crippen molar-refractivity contribution >= 4 is 17.5 Å². The first-order valence-electron chi connectivity index (χ1n) is 6.96. The second-order valence-corrected chi connectivity index (χ2v) is 7.07. The molecule has 0 saturated heterocycles. The highest BCUT2D eigenvalue weighted by Crippen LogP contribution is 2.34. The molecule has 0 aromatic carbocycles. The monoisotopic (exact) mass is 279 g/mol. The maximum atomic E-state index is 12.0. The number of thioether (sulfide) groups is 1. The smallest absolute Gasteiger partial charge is 0.136 e. The zero-order valence-corrected chi connectivity index (χ0v) is 13.5. The van der Waals surface area contributed by atoms with Gasteiger partial charge in [-0.25, -0.2) is 0 Å². The highest BCUT2D eigenvalue weighted by molar-refractivity contribution is 7.99. The minimum Gasteiger partial charge on any atom is -0.299 e. The first-order chi connectivity index (χ1) is 8.90. The van der Waals surface area contributed by atoms with Gasteiger partial charge in [-0.2, -0.15) is 11.8 Å². The van der Waals surface area contributed by atoms with Gasteiger partial charge in [-0.15, -0.1) is 0 Å². The molecule has 2 nitrogen and oxygen atoms in total. The number of hydrogen-bond donors (Lipinski definition) is 0. The van der Waals surface area contributed by atoms with E-state index in [-0.39, 0.29) is 11.2 Å². The van der Waals surface area contributed by atoms with Crippen LogP contribution in [0.2, 0.25) is 0 Å². The first-order valence-corrected chi connectivity index (χ1v) is 8.01. The third kappa shape index (κ3) is 5.77. The number of carbonyl (C=O) groups excluding carboxylic acids is 1. The van der Waals surface area contributed by atoms with Crippen molar-refractivity contribution in [2.24, 2.45) is 11.8 Å². The van der Waals surface area contributed by atoms with E-state index in [0.717, 1.165) is 11.3 Å². The summed E-state index contributed by atoms with van der Waals surface area (Å²) >= 11 is 1.88. The Morgan fingerprint density at radius 2 is 1.95 bits per heavy atom. The van der Waals surface area contributed by atoms with E-state index < -0.39 is 0 Å². The van der Waals surface area contributed by atoms with Gasteiger partial charge >= 0.3 is 0 Å². The zero-order chi connectivity index (χ0) is 14.4. The predicted octanol–water partition coefficient (Wildman–Crippen LogP) is 4.44. The lowest BCUT2D eigenvalue weighted by Crippen LogP contribution is -2.12. The number of carbonyl (C=O) groups is 1. The molecule has 0 spiro atoms. The molecule has 0 bridgehead atoms. The van der Waals surface area contributed by atoms with Gasteiger partial charge in [0.25, 0.3) is 0 Å². The maximum absolute atomic E-state index is 12.0. The number of hydrogen-bond acceptors (Lipinski definition) is 3. The molecule has 1 aromatic heterocycles.